The number of amides is 1. The maximum atomic E-state index is 13.1. The van der Waals surface area contributed by atoms with E-state index in [0.717, 1.165) is 12.1 Å². The Balaban J connectivity index is 1.46. The third kappa shape index (κ3) is 4.14. The molecule has 3 aromatic rings. The third-order valence-electron chi connectivity index (χ3n) is 3.29. The normalized spacial score (nSPS) is 10.5. The lowest BCUT2D eigenvalue weighted by molar-refractivity contribution is 0.0954. The van der Waals surface area contributed by atoms with E-state index in [-0.39, 0.29) is 12.1 Å². The van der Waals surface area contributed by atoms with Gasteiger partial charge in [0.1, 0.15) is 5.82 Å². The van der Waals surface area contributed by atoms with E-state index in [1.54, 1.807) is 35.3 Å². The molecule has 0 bridgehead atoms. The number of benzene rings is 1. The zero-order valence-electron chi connectivity index (χ0n) is 13.0. The van der Waals surface area contributed by atoms with Crippen LogP contribution in [0.25, 0.3) is 5.82 Å². The lowest BCUT2D eigenvalue weighted by atomic mass is 10.2. The van der Waals surface area contributed by atoms with Crippen molar-refractivity contribution >= 4 is 11.7 Å². The van der Waals surface area contributed by atoms with Gasteiger partial charge in [-0.3, -0.25) is 4.79 Å². The van der Waals surface area contributed by atoms with Crippen LogP contribution >= 0.6 is 0 Å². The fourth-order valence-electron chi connectivity index (χ4n) is 2.05. The number of hydrogen-bond donors (Lipinski definition) is 2. The SMILES string of the molecule is O=C(NCCNc1ccc(-n2cccn2)nn1)c1ccc(F)c(F)c1. The molecule has 0 saturated heterocycles. The third-order valence-corrected chi connectivity index (χ3v) is 3.29. The highest BCUT2D eigenvalue weighted by Gasteiger charge is 2.09. The first-order chi connectivity index (χ1) is 12.1. The van der Waals surface area contributed by atoms with Gasteiger partial charge in [-0.15, -0.1) is 10.2 Å². The van der Waals surface area contributed by atoms with Crippen molar-refractivity contribution in [3.05, 3.63) is 66.0 Å². The molecular formula is C16H14F2N6O. The van der Waals surface area contributed by atoms with Gasteiger partial charge in [-0.2, -0.15) is 5.10 Å². The Kier molecular flexibility index (Phi) is 4.93. The summed E-state index contributed by atoms with van der Waals surface area (Å²) in [4.78, 5) is 11.8. The van der Waals surface area contributed by atoms with Crippen LogP contribution < -0.4 is 10.6 Å². The van der Waals surface area contributed by atoms with Gasteiger partial charge in [-0.1, -0.05) is 0 Å². The molecule has 0 spiro atoms. The second-order valence-corrected chi connectivity index (χ2v) is 5.04. The second-order valence-electron chi connectivity index (χ2n) is 5.04. The Hall–Kier alpha value is -3.36. The first-order valence-electron chi connectivity index (χ1n) is 7.44. The number of halogens is 2. The van der Waals surface area contributed by atoms with Gasteiger partial charge in [-0.25, -0.2) is 13.5 Å². The molecule has 0 fully saturated rings. The number of rotatable bonds is 6. The van der Waals surface area contributed by atoms with Crippen molar-refractivity contribution in [2.24, 2.45) is 0 Å². The van der Waals surface area contributed by atoms with Gasteiger partial charge in [0.2, 0.25) is 0 Å². The van der Waals surface area contributed by atoms with E-state index in [1.807, 2.05) is 0 Å². The molecular weight excluding hydrogens is 330 g/mol. The maximum Gasteiger partial charge on any atom is 0.251 e. The first-order valence-corrected chi connectivity index (χ1v) is 7.44. The molecule has 1 aromatic carbocycles. The number of anilines is 1. The van der Waals surface area contributed by atoms with Gasteiger partial charge in [0.15, 0.2) is 17.5 Å². The Labute approximate surface area is 141 Å². The molecule has 25 heavy (non-hydrogen) atoms. The van der Waals surface area contributed by atoms with Crippen molar-refractivity contribution in [2.45, 2.75) is 0 Å². The summed E-state index contributed by atoms with van der Waals surface area (Å²) in [7, 11) is 0. The van der Waals surface area contributed by atoms with Crippen LogP contribution in [0.15, 0.2) is 48.8 Å². The molecule has 0 saturated carbocycles. The molecule has 7 nitrogen and oxygen atoms in total. The van der Waals surface area contributed by atoms with Gasteiger partial charge in [0.25, 0.3) is 5.91 Å². The van der Waals surface area contributed by atoms with Crippen molar-refractivity contribution in [1.29, 1.82) is 0 Å². The van der Waals surface area contributed by atoms with Crippen molar-refractivity contribution in [3.63, 3.8) is 0 Å². The monoisotopic (exact) mass is 344 g/mol. The summed E-state index contributed by atoms with van der Waals surface area (Å²) in [5, 5.41) is 17.7. The van der Waals surface area contributed by atoms with Crippen LogP contribution in [0, 0.1) is 11.6 Å². The van der Waals surface area contributed by atoms with E-state index in [9.17, 15) is 13.6 Å². The van der Waals surface area contributed by atoms with E-state index in [0.29, 0.717) is 18.2 Å². The summed E-state index contributed by atoms with van der Waals surface area (Å²) in [5.41, 5.74) is 0.0577. The lowest BCUT2D eigenvalue weighted by Gasteiger charge is -2.08. The molecule has 128 valence electrons. The highest BCUT2D eigenvalue weighted by molar-refractivity contribution is 5.94. The number of nitrogens with zero attached hydrogens (tertiary/aromatic N) is 4. The number of aromatic nitrogens is 4. The highest BCUT2D eigenvalue weighted by Crippen LogP contribution is 2.08. The molecule has 2 N–H and O–H groups in total. The highest BCUT2D eigenvalue weighted by atomic mass is 19.2. The molecule has 0 aliphatic carbocycles. The van der Waals surface area contributed by atoms with Crippen LogP contribution in [0.5, 0.6) is 0 Å². The summed E-state index contributed by atoms with van der Waals surface area (Å²) in [6.45, 7) is 0.672. The molecule has 3 rings (SSSR count). The van der Waals surface area contributed by atoms with Crippen molar-refractivity contribution < 1.29 is 13.6 Å². The smallest absolute Gasteiger partial charge is 0.251 e. The van der Waals surface area contributed by atoms with Gasteiger partial charge in [-0.05, 0) is 36.4 Å². The van der Waals surface area contributed by atoms with E-state index < -0.39 is 17.5 Å². The Bertz CT molecular complexity index is 852. The maximum absolute atomic E-state index is 13.1. The number of carbonyl (C=O) groups is 1. The molecule has 0 aliphatic rings. The van der Waals surface area contributed by atoms with E-state index in [1.165, 1.54) is 6.07 Å². The lowest BCUT2D eigenvalue weighted by Crippen LogP contribution is -2.29. The standard InChI is InChI=1S/C16H14F2N6O/c17-12-3-2-11(10-13(12)18)16(25)20-8-7-19-14-4-5-15(23-22-14)24-9-1-6-21-24/h1-6,9-10H,7-8H2,(H,19,22)(H,20,25). The van der Waals surface area contributed by atoms with Gasteiger partial charge < -0.3 is 10.6 Å². The molecule has 0 radical (unpaired) electrons. The van der Waals surface area contributed by atoms with E-state index in [4.69, 9.17) is 0 Å². The summed E-state index contributed by atoms with van der Waals surface area (Å²) in [5.74, 6) is -1.41. The molecule has 0 atom stereocenters. The minimum absolute atomic E-state index is 0.0577. The zero-order chi connectivity index (χ0) is 17.6. The zero-order valence-corrected chi connectivity index (χ0v) is 13.0. The summed E-state index contributed by atoms with van der Waals surface area (Å²) < 4.78 is 27.5. The number of hydrogen-bond acceptors (Lipinski definition) is 5. The van der Waals surface area contributed by atoms with Crippen LogP contribution in [0.3, 0.4) is 0 Å². The van der Waals surface area contributed by atoms with Crippen LogP contribution in [0.2, 0.25) is 0 Å². The largest absolute Gasteiger partial charge is 0.367 e. The topological polar surface area (TPSA) is 84.7 Å². The molecule has 0 unspecified atom stereocenters. The summed E-state index contributed by atoms with van der Waals surface area (Å²) in [6.07, 6.45) is 3.40. The fraction of sp³-hybridized carbons (Fsp3) is 0.125. The minimum Gasteiger partial charge on any atom is -0.367 e. The minimum atomic E-state index is -1.06. The van der Waals surface area contributed by atoms with Gasteiger partial charge in [0, 0.05) is 31.0 Å². The molecule has 9 heteroatoms. The second kappa shape index (κ2) is 7.47. The predicted molar refractivity (Wildman–Crippen MR) is 86.3 cm³/mol. The van der Waals surface area contributed by atoms with Gasteiger partial charge in [0.05, 0.1) is 0 Å². The average Bonchev–Trinajstić information content (AvgIpc) is 3.16. The fourth-order valence-corrected chi connectivity index (χ4v) is 2.05. The predicted octanol–water partition coefficient (Wildman–Crippen LogP) is 1.78. The Morgan fingerprint density at radius 3 is 2.64 bits per heavy atom. The average molecular weight is 344 g/mol. The van der Waals surface area contributed by atoms with Crippen LogP contribution in [0.4, 0.5) is 14.6 Å². The van der Waals surface area contributed by atoms with Crippen LogP contribution in [0.1, 0.15) is 10.4 Å². The number of nitrogens with one attached hydrogen (secondary N) is 2. The van der Waals surface area contributed by atoms with E-state index in [2.05, 4.69) is 25.9 Å². The molecule has 1 amide bonds. The Morgan fingerprint density at radius 2 is 1.96 bits per heavy atom. The van der Waals surface area contributed by atoms with Crippen molar-refractivity contribution in [3.8, 4) is 5.82 Å². The van der Waals surface area contributed by atoms with E-state index >= 15 is 0 Å². The number of carbonyl (C=O) groups excluding carboxylic acids is 1. The van der Waals surface area contributed by atoms with Crippen molar-refractivity contribution in [2.75, 3.05) is 18.4 Å². The van der Waals surface area contributed by atoms with Gasteiger partial charge >= 0.3 is 0 Å². The Morgan fingerprint density at radius 1 is 1.08 bits per heavy atom. The quantitative estimate of drug-likeness (QED) is 0.666. The van der Waals surface area contributed by atoms with Crippen LogP contribution in [-0.2, 0) is 0 Å². The summed E-state index contributed by atoms with van der Waals surface area (Å²) in [6, 6.07) is 8.27. The molecule has 2 heterocycles. The van der Waals surface area contributed by atoms with Crippen LogP contribution in [-0.4, -0.2) is 39.0 Å². The van der Waals surface area contributed by atoms with Crippen molar-refractivity contribution in [1.82, 2.24) is 25.3 Å². The molecule has 0 aliphatic heterocycles. The summed E-state index contributed by atoms with van der Waals surface area (Å²) >= 11 is 0. The first kappa shape index (κ1) is 16.5. The molecule has 2 aromatic heterocycles.